The summed E-state index contributed by atoms with van der Waals surface area (Å²) >= 11 is 0. The fourth-order valence-electron chi connectivity index (χ4n) is 3.31. The number of hydrogen-bond donors (Lipinski definition) is 1. The van der Waals surface area contributed by atoms with E-state index in [2.05, 4.69) is 19.6 Å². The number of amides is 1. The molecular weight excluding hydrogens is 445 g/mol. The van der Waals surface area contributed by atoms with E-state index in [1.807, 2.05) is 19.9 Å². The zero-order chi connectivity index (χ0) is 24.3. The SMILES string of the molecule is CCN(C)C(=O)[C@@H](C)Oc1cc(F)ccc1Nc1ncnc2cc(N=S(C)(C)=O)cc(C)c12. The summed E-state index contributed by atoms with van der Waals surface area (Å²) in [5.74, 6) is -0.0283. The molecule has 0 aliphatic heterocycles. The largest absolute Gasteiger partial charge is 0.479 e. The summed E-state index contributed by atoms with van der Waals surface area (Å²) in [5.41, 5.74) is 2.47. The highest BCUT2D eigenvalue weighted by molar-refractivity contribution is 7.92. The van der Waals surface area contributed by atoms with E-state index < -0.39 is 21.7 Å². The Hall–Kier alpha value is -3.27. The van der Waals surface area contributed by atoms with Crippen LogP contribution < -0.4 is 10.1 Å². The number of halogens is 1. The Morgan fingerprint density at radius 1 is 1.27 bits per heavy atom. The molecule has 1 aromatic heterocycles. The maximum absolute atomic E-state index is 14.0. The number of ether oxygens (including phenoxy) is 1. The molecule has 176 valence electrons. The second kappa shape index (κ2) is 9.70. The van der Waals surface area contributed by atoms with Crippen LogP contribution in [0, 0.1) is 12.7 Å². The van der Waals surface area contributed by atoms with E-state index in [-0.39, 0.29) is 11.7 Å². The van der Waals surface area contributed by atoms with E-state index in [0.29, 0.717) is 29.3 Å². The van der Waals surface area contributed by atoms with Gasteiger partial charge in [0.15, 0.2) is 6.10 Å². The van der Waals surface area contributed by atoms with Crippen LogP contribution in [-0.4, -0.2) is 57.2 Å². The summed E-state index contributed by atoms with van der Waals surface area (Å²) in [6, 6.07) is 7.61. The summed E-state index contributed by atoms with van der Waals surface area (Å²) in [4.78, 5) is 22.6. The number of hydrogen-bond acceptors (Lipinski definition) is 7. The third-order valence-corrected chi connectivity index (χ3v) is 5.59. The van der Waals surface area contributed by atoms with Crippen molar-refractivity contribution in [1.29, 1.82) is 0 Å². The molecule has 0 saturated heterocycles. The molecule has 0 spiro atoms. The van der Waals surface area contributed by atoms with Gasteiger partial charge in [-0.25, -0.2) is 18.6 Å². The molecule has 8 nitrogen and oxygen atoms in total. The van der Waals surface area contributed by atoms with Crippen LogP contribution in [0.2, 0.25) is 0 Å². The number of aromatic nitrogens is 2. The first kappa shape index (κ1) is 24.4. The lowest BCUT2D eigenvalue weighted by Gasteiger charge is -2.22. The lowest BCUT2D eigenvalue weighted by molar-refractivity contribution is -0.136. The average Bonchev–Trinajstić information content (AvgIpc) is 2.73. The Morgan fingerprint density at radius 2 is 2.00 bits per heavy atom. The molecule has 0 fully saturated rings. The lowest BCUT2D eigenvalue weighted by atomic mass is 10.1. The monoisotopic (exact) mass is 473 g/mol. The van der Waals surface area contributed by atoms with E-state index >= 15 is 0 Å². The van der Waals surface area contributed by atoms with E-state index in [1.54, 1.807) is 32.5 Å². The fraction of sp³-hybridized carbons (Fsp3) is 0.348. The zero-order valence-corrected chi connectivity index (χ0v) is 20.4. The van der Waals surface area contributed by atoms with Gasteiger partial charge in [0.2, 0.25) is 0 Å². The van der Waals surface area contributed by atoms with Gasteiger partial charge in [0.25, 0.3) is 5.91 Å². The number of likely N-dealkylation sites (N-methyl/N-ethyl adjacent to an activating group) is 1. The lowest BCUT2D eigenvalue weighted by Crippen LogP contribution is -2.37. The Bertz CT molecular complexity index is 1310. The van der Waals surface area contributed by atoms with Crippen LogP contribution in [-0.2, 0) is 14.5 Å². The number of aryl methyl sites for hydroxylation is 1. The Morgan fingerprint density at radius 3 is 2.67 bits per heavy atom. The quantitative estimate of drug-likeness (QED) is 0.545. The highest BCUT2D eigenvalue weighted by Crippen LogP contribution is 2.34. The number of rotatable bonds is 7. The summed E-state index contributed by atoms with van der Waals surface area (Å²) in [5, 5.41) is 3.92. The molecule has 1 amide bonds. The van der Waals surface area contributed by atoms with Crippen LogP contribution in [0.15, 0.2) is 41.0 Å². The molecule has 3 aromatic rings. The van der Waals surface area contributed by atoms with Crippen molar-refractivity contribution in [2.24, 2.45) is 4.36 Å². The van der Waals surface area contributed by atoms with Gasteiger partial charge in [-0.2, -0.15) is 4.36 Å². The molecule has 3 rings (SSSR count). The van der Waals surface area contributed by atoms with Gasteiger partial charge < -0.3 is 15.0 Å². The minimum Gasteiger partial charge on any atom is -0.479 e. The van der Waals surface area contributed by atoms with Crippen LogP contribution in [0.4, 0.5) is 21.6 Å². The van der Waals surface area contributed by atoms with Crippen LogP contribution in [0.3, 0.4) is 0 Å². The molecule has 0 saturated carbocycles. The van der Waals surface area contributed by atoms with Crippen LogP contribution in [0.5, 0.6) is 5.75 Å². The number of carbonyl (C=O) groups is 1. The van der Waals surface area contributed by atoms with Crippen molar-refractivity contribution < 1.29 is 18.1 Å². The predicted octanol–water partition coefficient (Wildman–Crippen LogP) is 4.43. The van der Waals surface area contributed by atoms with E-state index in [9.17, 15) is 13.4 Å². The number of fused-ring (bicyclic) bond motifs is 1. The number of nitrogens with one attached hydrogen (secondary N) is 1. The van der Waals surface area contributed by atoms with Gasteiger partial charge >= 0.3 is 0 Å². The van der Waals surface area contributed by atoms with Crippen LogP contribution in [0.1, 0.15) is 19.4 Å². The second-order valence-corrected chi connectivity index (χ2v) is 10.6. The maximum Gasteiger partial charge on any atom is 0.263 e. The Kier molecular flexibility index (Phi) is 7.16. The molecule has 33 heavy (non-hydrogen) atoms. The first-order chi connectivity index (χ1) is 15.5. The number of benzene rings is 2. The van der Waals surface area contributed by atoms with Gasteiger partial charge in [0.1, 0.15) is 23.7 Å². The zero-order valence-electron chi connectivity index (χ0n) is 19.5. The molecule has 0 aliphatic rings. The van der Waals surface area contributed by atoms with Crippen molar-refractivity contribution in [2.45, 2.75) is 26.9 Å². The molecule has 0 radical (unpaired) electrons. The molecule has 10 heteroatoms. The van der Waals surface area contributed by atoms with E-state index in [0.717, 1.165) is 10.9 Å². The number of anilines is 2. The standard InChI is InChI=1S/C23H28FN5O3S/c1-7-29(4)23(30)15(3)32-20-11-16(24)8-9-18(20)27-22-21-14(2)10-17(28-33(5,6)31)12-19(21)25-13-26-22/h8-13,15H,7H2,1-6H3,(H,25,26,27)/t15-/m1/s1. The van der Waals surface area contributed by atoms with Crippen molar-refractivity contribution in [3.63, 3.8) is 0 Å². The topological polar surface area (TPSA) is 96.8 Å². The summed E-state index contributed by atoms with van der Waals surface area (Å²) in [6.07, 6.45) is 3.73. The van der Waals surface area contributed by atoms with Gasteiger partial charge in [0.05, 0.1) is 16.9 Å². The molecule has 0 aliphatic carbocycles. The van der Waals surface area contributed by atoms with Crippen molar-refractivity contribution in [2.75, 3.05) is 31.4 Å². The van der Waals surface area contributed by atoms with Gasteiger partial charge in [-0.1, -0.05) is 0 Å². The van der Waals surface area contributed by atoms with Crippen molar-refractivity contribution in [1.82, 2.24) is 14.9 Å². The molecule has 1 N–H and O–H groups in total. The molecule has 2 aromatic carbocycles. The first-order valence-corrected chi connectivity index (χ1v) is 12.7. The van der Waals surface area contributed by atoms with E-state index in [4.69, 9.17) is 4.74 Å². The van der Waals surface area contributed by atoms with E-state index in [1.165, 1.54) is 29.4 Å². The molecule has 1 heterocycles. The second-order valence-electron chi connectivity index (χ2n) is 8.03. The normalized spacial score (nSPS) is 12.3. The smallest absolute Gasteiger partial charge is 0.263 e. The van der Waals surface area contributed by atoms with Gasteiger partial charge in [-0.3, -0.25) is 4.79 Å². The molecule has 1 atom stereocenters. The van der Waals surface area contributed by atoms with Crippen LogP contribution >= 0.6 is 0 Å². The van der Waals surface area contributed by atoms with Crippen molar-refractivity contribution in [3.05, 3.63) is 48.0 Å². The average molecular weight is 474 g/mol. The highest BCUT2D eigenvalue weighted by Gasteiger charge is 2.20. The molecule has 0 unspecified atom stereocenters. The van der Waals surface area contributed by atoms with Gasteiger partial charge in [-0.15, -0.1) is 0 Å². The minimum absolute atomic E-state index is 0.188. The van der Waals surface area contributed by atoms with Gasteiger partial charge in [0, 0.05) is 47.3 Å². The summed E-state index contributed by atoms with van der Waals surface area (Å²) < 4.78 is 36.2. The summed E-state index contributed by atoms with van der Waals surface area (Å²) in [7, 11) is -0.646. The maximum atomic E-state index is 14.0. The van der Waals surface area contributed by atoms with Crippen molar-refractivity contribution in [3.8, 4) is 5.75 Å². The first-order valence-electron chi connectivity index (χ1n) is 10.4. The number of carbonyl (C=O) groups excluding carboxylic acids is 1. The van der Waals surface area contributed by atoms with Crippen LogP contribution in [0.25, 0.3) is 10.9 Å². The Labute approximate surface area is 193 Å². The number of nitrogens with zero attached hydrogens (tertiary/aromatic N) is 4. The Balaban J connectivity index is 2.01. The predicted molar refractivity (Wildman–Crippen MR) is 129 cm³/mol. The molecular formula is C23H28FN5O3S. The van der Waals surface area contributed by atoms with Crippen molar-refractivity contribution >= 4 is 43.7 Å². The highest BCUT2D eigenvalue weighted by atomic mass is 32.2. The third kappa shape index (κ3) is 5.95. The third-order valence-electron chi connectivity index (χ3n) is 4.94. The fourth-order valence-corrected chi connectivity index (χ4v) is 3.92. The molecule has 0 bridgehead atoms. The summed E-state index contributed by atoms with van der Waals surface area (Å²) in [6.45, 7) is 5.90. The minimum atomic E-state index is -2.32. The van der Waals surface area contributed by atoms with Gasteiger partial charge in [-0.05, 0) is 50.6 Å².